The van der Waals surface area contributed by atoms with Gasteiger partial charge in [0, 0.05) is 23.7 Å². The van der Waals surface area contributed by atoms with E-state index in [4.69, 9.17) is 4.74 Å². The van der Waals surface area contributed by atoms with Crippen LogP contribution in [0.3, 0.4) is 0 Å². The SMILES string of the molecule is CCOc1ccc(-c2nnc(SCC(=O)c3ccc(NC(C)=O)cc3)n2-c2ccccc2F)cc1. The van der Waals surface area contributed by atoms with Crippen molar-refractivity contribution in [3.8, 4) is 22.8 Å². The summed E-state index contributed by atoms with van der Waals surface area (Å²) in [6, 6.07) is 20.3. The topological polar surface area (TPSA) is 86.1 Å². The van der Waals surface area contributed by atoms with E-state index >= 15 is 0 Å². The smallest absolute Gasteiger partial charge is 0.221 e. The number of amides is 1. The zero-order valence-corrected chi connectivity index (χ0v) is 20.0. The molecule has 0 fully saturated rings. The minimum absolute atomic E-state index is 0.0787. The van der Waals surface area contributed by atoms with Crippen LogP contribution in [0.4, 0.5) is 10.1 Å². The maximum Gasteiger partial charge on any atom is 0.221 e. The summed E-state index contributed by atoms with van der Waals surface area (Å²) in [7, 11) is 0. The van der Waals surface area contributed by atoms with Crippen LogP contribution >= 0.6 is 11.8 Å². The van der Waals surface area contributed by atoms with Gasteiger partial charge >= 0.3 is 0 Å². The highest BCUT2D eigenvalue weighted by Gasteiger charge is 2.20. The molecule has 0 atom stereocenters. The van der Waals surface area contributed by atoms with Gasteiger partial charge in [0.25, 0.3) is 0 Å². The van der Waals surface area contributed by atoms with Crippen LogP contribution in [0.2, 0.25) is 0 Å². The number of benzene rings is 3. The third-order valence-corrected chi connectivity index (χ3v) is 5.94. The fourth-order valence-corrected chi connectivity index (χ4v) is 4.26. The first-order chi connectivity index (χ1) is 17.0. The molecule has 1 N–H and O–H groups in total. The molecule has 35 heavy (non-hydrogen) atoms. The Hall–Kier alpha value is -3.98. The number of rotatable bonds is 9. The highest BCUT2D eigenvalue weighted by Crippen LogP contribution is 2.30. The number of Topliss-reactive ketones (excluding diaryl/α,β-unsaturated/α-hetero) is 1. The number of anilines is 1. The van der Waals surface area contributed by atoms with Gasteiger partial charge in [-0.3, -0.25) is 14.2 Å². The van der Waals surface area contributed by atoms with Crippen LogP contribution in [0.25, 0.3) is 17.1 Å². The van der Waals surface area contributed by atoms with E-state index in [2.05, 4.69) is 15.5 Å². The number of carbonyl (C=O) groups is 2. The predicted molar refractivity (Wildman–Crippen MR) is 134 cm³/mol. The summed E-state index contributed by atoms with van der Waals surface area (Å²) in [5, 5.41) is 11.6. The Kier molecular flexibility index (Phi) is 7.57. The van der Waals surface area contributed by atoms with E-state index < -0.39 is 5.82 Å². The molecule has 0 saturated carbocycles. The fourth-order valence-electron chi connectivity index (χ4n) is 3.42. The van der Waals surface area contributed by atoms with Crippen molar-refractivity contribution in [1.29, 1.82) is 0 Å². The number of ketones is 1. The molecule has 0 unspecified atom stereocenters. The van der Waals surface area contributed by atoms with E-state index in [1.165, 1.54) is 24.8 Å². The summed E-state index contributed by atoms with van der Waals surface area (Å²) < 4.78 is 21.9. The molecule has 0 radical (unpaired) electrons. The number of ether oxygens (including phenoxy) is 1. The van der Waals surface area contributed by atoms with Gasteiger partial charge in [0.2, 0.25) is 5.91 Å². The molecule has 7 nitrogen and oxygen atoms in total. The molecule has 4 rings (SSSR count). The third kappa shape index (κ3) is 5.75. The van der Waals surface area contributed by atoms with E-state index in [1.807, 2.05) is 31.2 Å². The number of hydrogen-bond donors (Lipinski definition) is 1. The van der Waals surface area contributed by atoms with Gasteiger partial charge in [0.15, 0.2) is 16.8 Å². The molecule has 1 amide bonds. The fraction of sp³-hybridized carbons (Fsp3) is 0.154. The molecular formula is C26H23FN4O3S. The molecule has 0 bridgehead atoms. The average Bonchev–Trinajstić information content (AvgIpc) is 3.27. The van der Waals surface area contributed by atoms with Crippen molar-refractivity contribution in [3.63, 3.8) is 0 Å². The Morgan fingerprint density at radius 2 is 1.71 bits per heavy atom. The van der Waals surface area contributed by atoms with Crippen LogP contribution in [0.1, 0.15) is 24.2 Å². The Morgan fingerprint density at radius 3 is 2.37 bits per heavy atom. The number of thioether (sulfide) groups is 1. The summed E-state index contributed by atoms with van der Waals surface area (Å²) in [4.78, 5) is 24.0. The van der Waals surface area contributed by atoms with Gasteiger partial charge in [-0.2, -0.15) is 0 Å². The molecule has 1 aromatic heterocycles. The second-order valence-electron chi connectivity index (χ2n) is 7.52. The zero-order valence-electron chi connectivity index (χ0n) is 19.2. The number of carbonyl (C=O) groups excluding carboxylic acids is 2. The molecule has 0 saturated heterocycles. The van der Waals surface area contributed by atoms with Gasteiger partial charge in [-0.25, -0.2) is 4.39 Å². The number of nitrogens with zero attached hydrogens (tertiary/aromatic N) is 3. The lowest BCUT2D eigenvalue weighted by atomic mass is 10.1. The molecule has 1 heterocycles. The molecule has 0 spiro atoms. The van der Waals surface area contributed by atoms with Gasteiger partial charge in [-0.05, 0) is 67.6 Å². The quantitative estimate of drug-likeness (QED) is 0.250. The number of hydrogen-bond acceptors (Lipinski definition) is 6. The third-order valence-electron chi connectivity index (χ3n) is 5.01. The van der Waals surface area contributed by atoms with E-state index in [1.54, 1.807) is 47.0 Å². The van der Waals surface area contributed by atoms with Crippen LogP contribution in [0, 0.1) is 5.82 Å². The van der Waals surface area contributed by atoms with E-state index in [0.29, 0.717) is 28.8 Å². The Balaban J connectivity index is 1.60. The van der Waals surface area contributed by atoms with Crippen molar-refractivity contribution >= 4 is 29.1 Å². The lowest BCUT2D eigenvalue weighted by Gasteiger charge is -2.11. The molecule has 178 valence electrons. The van der Waals surface area contributed by atoms with Crippen molar-refractivity contribution < 1.29 is 18.7 Å². The van der Waals surface area contributed by atoms with Crippen molar-refractivity contribution in [2.45, 2.75) is 19.0 Å². The highest BCUT2D eigenvalue weighted by molar-refractivity contribution is 7.99. The summed E-state index contributed by atoms with van der Waals surface area (Å²) in [6.07, 6.45) is 0. The zero-order chi connectivity index (χ0) is 24.8. The van der Waals surface area contributed by atoms with Gasteiger partial charge < -0.3 is 10.1 Å². The first kappa shape index (κ1) is 24.2. The maximum absolute atomic E-state index is 14.8. The highest BCUT2D eigenvalue weighted by atomic mass is 32.2. The van der Waals surface area contributed by atoms with Gasteiger partial charge in [-0.1, -0.05) is 23.9 Å². The minimum Gasteiger partial charge on any atom is -0.494 e. The van der Waals surface area contributed by atoms with Crippen LogP contribution in [-0.4, -0.2) is 38.8 Å². The summed E-state index contributed by atoms with van der Waals surface area (Å²) in [5.74, 6) is 0.507. The summed E-state index contributed by atoms with van der Waals surface area (Å²) >= 11 is 1.17. The van der Waals surface area contributed by atoms with Gasteiger partial charge in [0.05, 0.1) is 18.0 Å². The standard InChI is InChI=1S/C26H23FN4O3S/c1-3-34-21-14-10-19(11-15-21)25-29-30-26(31(25)23-7-5-4-6-22(23)27)35-16-24(33)18-8-12-20(13-9-18)28-17(2)32/h4-15H,3,16H2,1-2H3,(H,28,32). The van der Waals surface area contributed by atoms with Crippen molar-refractivity contribution in [3.05, 3.63) is 84.2 Å². The Bertz CT molecular complexity index is 1340. The van der Waals surface area contributed by atoms with Crippen molar-refractivity contribution in [1.82, 2.24) is 14.8 Å². The molecule has 9 heteroatoms. The number of halogens is 1. The lowest BCUT2D eigenvalue weighted by molar-refractivity contribution is -0.114. The molecule has 0 aliphatic carbocycles. The van der Waals surface area contributed by atoms with E-state index in [0.717, 1.165) is 11.3 Å². The van der Waals surface area contributed by atoms with Gasteiger partial charge in [-0.15, -0.1) is 10.2 Å². The number of para-hydroxylation sites is 1. The second-order valence-corrected chi connectivity index (χ2v) is 8.46. The average molecular weight is 491 g/mol. The molecule has 4 aromatic rings. The monoisotopic (exact) mass is 490 g/mol. The summed E-state index contributed by atoms with van der Waals surface area (Å²) in [6.45, 7) is 3.88. The van der Waals surface area contributed by atoms with Crippen LogP contribution in [0.5, 0.6) is 5.75 Å². The Labute approximate surface area is 206 Å². The predicted octanol–water partition coefficient (Wildman–Crippen LogP) is 5.41. The van der Waals surface area contributed by atoms with Crippen molar-refractivity contribution in [2.24, 2.45) is 0 Å². The Morgan fingerprint density at radius 1 is 1.00 bits per heavy atom. The van der Waals surface area contributed by atoms with E-state index in [9.17, 15) is 14.0 Å². The normalized spacial score (nSPS) is 10.7. The largest absolute Gasteiger partial charge is 0.494 e. The lowest BCUT2D eigenvalue weighted by Crippen LogP contribution is -2.08. The van der Waals surface area contributed by atoms with Gasteiger partial charge in [0.1, 0.15) is 11.6 Å². The van der Waals surface area contributed by atoms with Crippen LogP contribution < -0.4 is 10.1 Å². The molecule has 0 aliphatic heterocycles. The first-order valence-electron chi connectivity index (χ1n) is 10.9. The van der Waals surface area contributed by atoms with Crippen LogP contribution in [0.15, 0.2) is 78.0 Å². The van der Waals surface area contributed by atoms with E-state index in [-0.39, 0.29) is 23.1 Å². The maximum atomic E-state index is 14.8. The number of nitrogens with one attached hydrogen (secondary N) is 1. The molecule has 3 aromatic carbocycles. The minimum atomic E-state index is -0.429. The number of aromatic nitrogens is 3. The molecular weight excluding hydrogens is 467 g/mol. The first-order valence-corrected chi connectivity index (χ1v) is 11.9. The van der Waals surface area contributed by atoms with Crippen molar-refractivity contribution in [2.75, 3.05) is 17.7 Å². The summed E-state index contributed by atoms with van der Waals surface area (Å²) in [5.41, 5.74) is 2.13. The molecule has 0 aliphatic rings. The van der Waals surface area contributed by atoms with Crippen LogP contribution in [-0.2, 0) is 4.79 Å². The second kappa shape index (κ2) is 11.0.